The van der Waals surface area contributed by atoms with Crippen molar-refractivity contribution in [2.75, 3.05) is 25.1 Å². The van der Waals surface area contributed by atoms with Crippen molar-refractivity contribution in [3.63, 3.8) is 0 Å². The molecule has 0 saturated carbocycles. The van der Waals surface area contributed by atoms with Gasteiger partial charge < -0.3 is 10.6 Å². The average Bonchev–Trinajstić information content (AvgIpc) is 2.28. The first-order valence-electron chi connectivity index (χ1n) is 6.21. The summed E-state index contributed by atoms with van der Waals surface area (Å²) in [6.45, 7) is 4.31. The number of hydrogen-bond donors (Lipinski definition) is 2. The molecule has 0 bridgehead atoms. The molecule has 1 aliphatic rings. The highest BCUT2D eigenvalue weighted by Gasteiger charge is 2.15. The lowest BCUT2D eigenvalue weighted by molar-refractivity contribution is -0.121. The van der Waals surface area contributed by atoms with Gasteiger partial charge in [0.1, 0.15) is 0 Å². The van der Waals surface area contributed by atoms with Gasteiger partial charge in [-0.2, -0.15) is 11.8 Å². The van der Waals surface area contributed by atoms with Crippen LogP contribution in [0.3, 0.4) is 0 Å². The molecule has 1 rings (SSSR count). The lowest BCUT2D eigenvalue weighted by atomic mass is 9.93. The number of hydrogen-bond acceptors (Lipinski definition) is 3. The van der Waals surface area contributed by atoms with Crippen molar-refractivity contribution in [2.24, 2.45) is 5.92 Å². The molecular formula is C12H24N2OS. The Balaban J connectivity index is 2.09. The number of amides is 1. The van der Waals surface area contributed by atoms with Gasteiger partial charge in [-0.1, -0.05) is 0 Å². The van der Waals surface area contributed by atoms with Crippen LogP contribution >= 0.6 is 11.8 Å². The fraction of sp³-hybridized carbons (Fsp3) is 0.917. The minimum Gasteiger partial charge on any atom is -0.353 e. The van der Waals surface area contributed by atoms with Gasteiger partial charge in [0, 0.05) is 18.2 Å². The van der Waals surface area contributed by atoms with Gasteiger partial charge in [0.15, 0.2) is 0 Å². The lowest BCUT2D eigenvalue weighted by Gasteiger charge is -2.22. The molecule has 0 aliphatic carbocycles. The van der Waals surface area contributed by atoms with Crippen LogP contribution in [0.5, 0.6) is 0 Å². The van der Waals surface area contributed by atoms with Gasteiger partial charge in [-0.05, 0) is 51.4 Å². The maximum atomic E-state index is 11.6. The van der Waals surface area contributed by atoms with Crippen molar-refractivity contribution in [1.82, 2.24) is 10.6 Å². The molecule has 1 heterocycles. The Morgan fingerprint density at radius 1 is 1.50 bits per heavy atom. The molecule has 0 aromatic rings. The van der Waals surface area contributed by atoms with Gasteiger partial charge in [-0.3, -0.25) is 4.79 Å². The minimum absolute atomic E-state index is 0.222. The Morgan fingerprint density at radius 2 is 2.19 bits per heavy atom. The standard InChI is InChI=1S/C12H24N2OS/c1-10(9-16-2)14-12(15)4-3-11-5-7-13-8-6-11/h10-11,13H,3-9H2,1-2H3,(H,14,15). The topological polar surface area (TPSA) is 41.1 Å². The van der Waals surface area contributed by atoms with Gasteiger partial charge in [-0.15, -0.1) is 0 Å². The summed E-state index contributed by atoms with van der Waals surface area (Å²) >= 11 is 1.77. The van der Waals surface area contributed by atoms with Gasteiger partial charge in [0.2, 0.25) is 5.91 Å². The zero-order valence-electron chi connectivity index (χ0n) is 10.4. The molecule has 1 fully saturated rings. The summed E-state index contributed by atoms with van der Waals surface area (Å²) in [4.78, 5) is 11.6. The Bertz CT molecular complexity index is 205. The fourth-order valence-electron chi connectivity index (χ4n) is 2.14. The first kappa shape index (κ1) is 13.8. The van der Waals surface area contributed by atoms with E-state index in [1.165, 1.54) is 12.8 Å². The third-order valence-electron chi connectivity index (χ3n) is 3.06. The maximum absolute atomic E-state index is 11.6. The summed E-state index contributed by atoms with van der Waals surface area (Å²) < 4.78 is 0. The van der Waals surface area contributed by atoms with Crippen LogP contribution in [0.1, 0.15) is 32.6 Å². The number of thioether (sulfide) groups is 1. The molecule has 1 aliphatic heterocycles. The quantitative estimate of drug-likeness (QED) is 0.746. The number of nitrogens with one attached hydrogen (secondary N) is 2. The zero-order chi connectivity index (χ0) is 11.8. The second kappa shape index (κ2) is 7.96. The van der Waals surface area contributed by atoms with Gasteiger partial charge in [0.05, 0.1) is 0 Å². The van der Waals surface area contributed by atoms with E-state index in [1.54, 1.807) is 11.8 Å². The van der Waals surface area contributed by atoms with Crippen LogP contribution in [0.4, 0.5) is 0 Å². The van der Waals surface area contributed by atoms with Crippen LogP contribution in [-0.4, -0.2) is 37.0 Å². The van der Waals surface area contributed by atoms with E-state index in [2.05, 4.69) is 23.8 Å². The van der Waals surface area contributed by atoms with Crippen molar-refractivity contribution >= 4 is 17.7 Å². The Kier molecular flexibility index (Phi) is 6.88. The molecule has 0 spiro atoms. The predicted molar refractivity (Wildman–Crippen MR) is 70.8 cm³/mol. The highest BCUT2D eigenvalue weighted by atomic mass is 32.2. The van der Waals surface area contributed by atoms with Crippen LogP contribution in [0.25, 0.3) is 0 Å². The largest absolute Gasteiger partial charge is 0.353 e. The van der Waals surface area contributed by atoms with Crippen molar-refractivity contribution < 1.29 is 4.79 Å². The summed E-state index contributed by atoms with van der Waals surface area (Å²) in [6, 6.07) is 0.301. The van der Waals surface area contributed by atoms with Crippen molar-refractivity contribution in [3.05, 3.63) is 0 Å². The molecule has 1 unspecified atom stereocenters. The van der Waals surface area contributed by atoms with E-state index in [0.717, 1.165) is 31.2 Å². The summed E-state index contributed by atoms with van der Waals surface area (Å²) in [6.07, 6.45) is 6.28. The lowest BCUT2D eigenvalue weighted by Crippen LogP contribution is -2.35. The summed E-state index contributed by atoms with van der Waals surface area (Å²) in [7, 11) is 0. The minimum atomic E-state index is 0.222. The van der Waals surface area contributed by atoms with E-state index in [0.29, 0.717) is 12.5 Å². The predicted octanol–water partition coefficient (Wildman–Crippen LogP) is 1.63. The molecule has 16 heavy (non-hydrogen) atoms. The molecule has 1 atom stereocenters. The van der Waals surface area contributed by atoms with E-state index in [-0.39, 0.29) is 5.91 Å². The first-order chi connectivity index (χ1) is 7.72. The molecular weight excluding hydrogens is 220 g/mol. The average molecular weight is 244 g/mol. The van der Waals surface area contributed by atoms with Crippen molar-refractivity contribution in [2.45, 2.75) is 38.6 Å². The third kappa shape index (κ3) is 5.75. The summed E-state index contributed by atoms with van der Waals surface area (Å²) in [5, 5.41) is 6.39. The Labute approximate surface area is 103 Å². The van der Waals surface area contributed by atoms with Crippen LogP contribution in [0.2, 0.25) is 0 Å². The highest BCUT2D eigenvalue weighted by Crippen LogP contribution is 2.17. The zero-order valence-corrected chi connectivity index (χ0v) is 11.2. The molecule has 1 saturated heterocycles. The molecule has 0 radical (unpaired) electrons. The summed E-state index contributed by atoms with van der Waals surface area (Å²) in [5.74, 6) is 1.97. The van der Waals surface area contributed by atoms with E-state index < -0.39 is 0 Å². The molecule has 3 nitrogen and oxygen atoms in total. The third-order valence-corrected chi connectivity index (χ3v) is 3.90. The van der Waals surface area contributed by atoms with Crippen molar-refractivity contribution in [1.29, 1.82) is 0 Å². The summed E-state index contributed by atoms with van der Waals surface area (Å²) in [5.41, 5.74) is 0. The smallest absolute Gasteiger partial charge is 0.220 e. The molecule has 0 aromatic heterocycles. The molecule has 1 amide bonds. The molecule has 4 heteroatoms. The molecule has 0 aromatic carbocycles. The van der Waals surface area contributed by atoms with Gasteiger partial charge in [-0.25, -0.2) is 0 Å². The maximum Gasteiger partial charge on any atom is 0.220 e. The van der Waals surface area contributed by atoms with Crippen LogP contribution in [0.15, 0.2) is 0 Å². The fourth-order valence-corrected chi connectivity index (χ4v) is 2.73. The second-order valence-electron chi connectivity index (χ2n) is 4.66. The number of piperidine rings is 1. The number of rotatable bonds is 6. The molecule has 94 valence electrons. The van der Waals surface area contributed by atoms with Crippen LogP contribution < -0.4 is 10.6 Å². The second-order valence-corrected chi connectivity index (χ2v) is 5.57. The first-order valence-corrected chi connectivity index (χ1v) is 7.60. The SMILES string of the molecule is CSCC(C)NC(=O)CCC1CCNCC1. The van der Waals surface area contributed by atoms with Gasteiger partial charge in [0.25, 0.3) is 0 Å². The van der Waals surface area contributed by atoms with Gasteiger partial charge >= 0.3 is 0 Å². The van der Waals surface area contributed by atoms with E-state index >= 15 is 0 Å². The highest BCUT2D eigenvalue weighted by molar-refractivity contribution is 7.98. The number of carbonyl (C=O) groups is 1. The van der Waals surface area contributed by atoms with E-state index in [1.807, 2.05) is 0 Å². The normalized spacial score (nSPS) is 19.4. The Morgan fingerprint density at radius 3 is 2.81 bits per heavy atom. The van der Waals surface area contributed by atoms with E-state index in [9.17, 15) is 4.79 Å². The molecule has 2 N–H and O–H groups in total. The Hall–Kier alpha value is -0.220. The number of carbonyl (C=O) groups excluding carboxylic acids is 1. The van der Waals surface area contributed by atoms with E-state index in [4.69, 9.17) is 0 Å². The van der Waals surface area contributed by atoms with Crippen molar-refractivity contribution in [3.8, 4) is 0 Å². The monoisotopic (exact) mass is 244 g/mol. The van der Waals surface area contributed by atoms with Crippen LogP contribution in [-0.2, 0) is 4.79 Å². The van der Waals surface area contributed by atoms with Crippen LogP contribution in [0, 0.1) is 5.92 Å².